The Morgan fingerprint density at radius 1 is 1.56 bits per heavy atom. The molecule has 2 heterocycles. The molecule has 0 bridgehead atoms. The van der Waals surface area contributed by atoms with Gasteiger partial charge in [-0.2, -0.15) is 0 Å². The quantitative estimate of drug-likeness (QED) is 0.568. The smallest absolute Gasteiger partial charge is 0.106 e. The maximum atomic E-state index is 12.0. The second kappa shape index (κ2) is 5.02. The molecule has 2 atom stereocenters. The summed E-state index contributed by atoms with van der Waals surface area (Å²) in [6, 6.07) is 0. The van der Waals surface area contributed by atoms with E-state index in [1.54, 1.807) is 0 Å². The maximum Gasteiger partial charge on any atom is 0.106 e. The van der Waals surface area contributed by atoms with Gasteiger partial charge in [-0.25, -0.2) is 0 Å². The molecule has 0 aromatic heterocycles. The molecule has 0 amide bonds. The van der Waals surface area contributed by atoms with E-state index in [1.807, 2.05) is 20.3 Å². The molecule has 2 aliphatic heterocycles. The molecule has 2 saturated heterocycles. The molecule has 0 aromatic rings. The first-order chi connectivity index (χ1) is 8.31. The molecule has 2 rings (SSSR count). The zero-order valence-electron chi connectivity index (χ0n) is 11.9. The summed E-state index contributed by atoms with van der Waals surface area (Å²) in [6.07, 6.45) is 4.51. The Hall–Kier alpha value is -0.270. The van der Waals surface area contributed by atoms with Gasteiger partial charge in [-0.15, -0.1) is 0 Å². The molecule has 104 valence electrons. The summed E-state index contributed by atoms with van der Waals surface area (Å²) in [6.45, 7) is 12.6. The molecule has 0 aliphatic carbocycles. The van der Waals surface area contributed by atoms with Crippen LogP contribution in [-0.2, 0) is 9.30 Å². The lowest BCUT2D eigenvalue weighted by molar-refractivity contribution is 0.0741. The van der Waals surface area contributed by atoms with E-state index in [9.17, 15) is 4.57 Å². The predicted molar refractivity (Wildman–Crippen MR) is 76.7 cm³/mol. The van der Waals surface area contributed by atoms with Gasteiger partial charge in [0.05, 0.1) is 18.4 Å². The van der Waals surface area contributed by atoms with Crippen LogP contribution in [0.25, 0.3) is 0 Å². The molecular weight excluding hydrogens is 245 g/mol. The van der Waals surface area contributed by atoms with Crippen molar-refractivity contribution in [3.63, 3.8) is 0 Å². The van der Waals surface area contributed by atoms with Gasteiger partial charge < -0.3 is 9.30 Å². The Labute approximate surface area is 111 Å². The van der Waals surface area contributed by atoms with Crippen LogP contribution in [0.3, 0.4) is 0 Å². The number of fused-ring (bicyclic) bond motifs is 1. The maximum absolute atomic E-state index is 12.0. The van der Waals surface area contributed by atoms with Crippen LogP contribution in [0.15, 0.2) is 12.3 Å². The lowest BCUT2D eigenvalue weighted by atomic mass is 9.91. The summed E-state index contributed by atoms with van der Waals surface area (Å²) >= 11 is 0. The first-order valence-electron chi connectivity index (χ1n) is 6.88. The van der Waals surface area contributed by atoms with Crippen LogP contribution in [0.1, 0.15) is 26.2 Å². The Balaban J connectivity index is 2.00. The minimum Gasteiger partial charge on any atom is -0.497 e. The van der Waals surface area contributed by atoms with Crippen LogP contribution in [0.2, 0.25) is 0 Å². The second-order valence-corrected chi connectivity index (χ2v) is 10.1. The van der Waals surface area contributed by atoms with Gasteiger partial charge in [-0.05, 0) is 52.0 Å². The third-order valence-electron chi connectivity index (χ3n) is 4.17. The highest BCUT2D eigenvalue weighted by Crippen LogP contribution is 2.47. The zero-order valence-corrected chi connectivity index (χ0v) is 12.8. The summed E-state index contributed by atoms with van der Waals surface area (Å²) in [5.41, 5.74) is 0.207. The largest absolute Gasteiger partial charge is 0.497 e. The van der Waals surface area contributed by atoms with Crippen molar-refractivity contribution in [1.82, 2.24) is 4.90 Å². The lowest BCUT2D eigenvalue weighted by Crippen LogP contribution is -2.42. The number of hydrogen-bond acceptors (Lipinski definition) is 3. The molecule has 0 N–H and O–H groups in total. The second-order valence-electron chi connectivity index (χ2n) is 6.59. The molecule has 0 spiro atoms. The average molecular weight is 271 g/mol. The van der Waals surface area contributed by atoms with Gasteiger partial charge in [0.25, 0.3) is 0 Å². The topological polar surface area (TPSA) is 29.5 Å². The van der Waals surface area contributed by atoms with E-state index in [0.29, 0.717) is 5.92 Å². The molecule has 2 aliphatic rings. The van der Waals surface area contributed by atoms with Crippen molar-refractivity contribution in [2.75, 3.05) is 39.2 Å². The van der Waals surface area contributed by atoms with Crippen molar-refractivity contribution >= 4 is 7.14 Å². The van der Waals surface area contributed by atoms with Gasteiger partial charge in [0.1, 0.15) is 6.61 Å². The van der Waals surface area contributed by atoms with Gasteiger partial charge in [-0.1, -0.05) is 6.58 Å². The number of ether oxygens (including phenoxy) is 1. The molecule has 0 aromatic carbocycles. The van der Waals surface area contributed by atoms with Crippen LogP contribution < -0.4 is 0 Å². The summed E-state index contributed by atoms with van der Waals surface area (Å²) in [7, 11) is -1.91. The van der Waals surface area contributed by atoms with E-state index in [-0.39, 0.29) is 5.54 Å². The number of nitrogens with zero attached hydrogens (tertiary/aromatic N) is 1. The fraction of sp³-hybridized carbons (Fsp3) is 0.857. The van der Waals surface area contributed by atoms with Crippen LogP contribution in [0.4, 0.5) is 0 Å². The molecule has 18 heavy (non-hydrogen) atoms. The van der Waals surface area contributed by atoms with Crippen LogP contribution in [-0.4, -0.2) is 49.6 Å². The van der Waals surface area contributed by atoms with Crippen LogP contribution in [0, 0.1) is 5.92 Å². The van der Waals surface area contributed by atoms with Crippen molar-refractivity contribution in [2.24, 2.45) is 5.92 Å². The van der Waals surface area contributed by atoms with Crippen molar-refractivity contribution in [3.8, 4) is 0 Å². The van der Waals surface area contributed by atoms with Crippen molar-refractivity contribution in [3.05, 3.63) is 12.3 Å². The summed E-state index contributed by atoms with van der Waals surface area (Å²) in [5.74, 6) is 1.39. The summed E-state index contributed by atoms with van der Waals surface area (Å²) < 4.78 is 17.7. The molecular formula is C14H26NO2P. The average Bonchev–Trinajstić information content (AvgIpc) is 2.68. The molecule has 0 saturated carbocycles. The highest BCUT2D eigenvalue weighted by molar-refractivity contribution is 7.62. The number of rotatable bonds is 5. The minimum atomic E-state index is -1.91. The van der Waals surface area contributed by atoms with Crippen LogP contribution in [0.5, 0.6) is 0 Å². The Morgan fingerprint density at radius 2 is 2.28 bits per heavy atom. The van der Waals surface area contributed by atoms with Crippen LogP contribution >= 0.6 is 7.14 Å². The molecule has 2 fully saturated rings. The first-order valence-corrected chi connectivity index (χ1v) is 9.67. The van der Waals surface area contributed by atoms with Gasteiger partial charge in [0, 0.05) is 12.7 Å². The Morgan fingerprint density at radius 3 is 2.89 bits per heavy atom. The highest BCUT2D eigenvalue weighted by Gasteiger charge is 2.49. The van der Waals surface area contributed by atoms with Gasteiger partial charge >= 0.3 is 0 Å². The van der Waals surface area contributed by atoms with Gasteiger partial charge in [0.15, 0.2) is 0 Å². The Bertz CT molecular complexity index is 376. The standard InChI is InChI=1S/C14H26NO2P/c1-12(2)17-11-14-6-5-7-15(14)9-13(8-14)10-18(3,4)16/h13H,1,5-11H2,2-4H3/t13-,14+/m1/s1. The van der Waals surface area contributed by atoms with E-state index in [4.69, 9.17) is 4.74 Å². The first kappa shape index (κ1) is 14.1. The zero-order chi connectivity index (χ0) is 13.4. The third-order valence-corrected chi connectivity index (χ3v) is 5.57. The summed E-state index contributed by atoms with van der Waals surface area (Å²) in [5, 5.41) is 0. The fourth-order valence-corrected chi connectivity index (χ4v) is 5.14. The third kappa shape index (κ3) is 3.19. The van der Waals surface area contributed by atoms with E-state index < -0.39 is 7.14 Å². The monoisotopic (exact) mass is 271 g/mol. The molecule has 0 unspecified atom stereocenters. The van der Waals surface area contributed by atoms with E-state index >= 15 is 0 Å². The highest BCUT2D eigenvalue weighted by atomic mass is 31.2. The summed E-state index contributed by atoms with van der Waals surface area (Å²) in [4.78, 5) is 2.57. The van der Waals surface area contributed by atoms with E-state index in [2.05, 4.69) is 11.5 Å². The fourth-order valence-electron chi connectivity index (χ4n) is 3.65. The normalized spacial score (nSPS) is 32.5. The van der Waals surface area contributed by atoms with E-state index in [0.717, 1.165) is 31.5 Å². The van der Waals surface area contributed by atoms with Crippen molar-refractivity contribution in [2.45, 2.75) is 31.7 Å². The van der Waals surface area contributed by atoms with E-state index in [1.165, 1.54) is 19.4 Å². The SMILES string of the molecule is C=C(C)OC[C@@]12CCCN1C[C@H](CP(C)(C)=O)C2. The molecule has 4 heteroatoms. The Kier molecular flexibility index (Phi) is 3.94. The molecule has 3 nitrogen and oxygen atoms in total. The predicted octanol–water partition coefficient (Wildman–Crippen LogP) is 3.01. The molecule has 0 radical (unpaired) electrons. The number of hydrogen-bond donors (Lipinski definition) is 0. The minimum absolute atomic E-state index is 0.207. The lowest BCUT2D eigenvalue weighted by Gasteiger charge is -2.31. The van der Waals surface area contributed by atoms with Crippen molar-refractivity contribution < 1.29 is 9.30 Å². The number of allylic oxidation sites excluding steroid dienone is 1. The van der Waals surface area contributed by atoms with Gasteiger partial charge in [0.2, 0.25) is 0 Å². The van der Waals surface area contributed by atoms with Crippen molar-refractivity contribution in [1.29, 1.82) is 0 Å². The van der Waals surface area contributed by atoms with Gasteiger partial charge in [-0.3, -0.25) is 4.90 Å².